The largest absolute Gasteiger partial charge is 0.330 e. The van der Waals surface area contributed by atoms with Crippen LogP contribution < -0.4 is 11.1 Å². The molecule has 1 atom stereocenters. The van der Waals surface area contributed by atoms with Crippen molar-refractivity contribution in [2.45, 2.75) is 13.3 Å². The zero-order valence-corrected chi connectivity index (χ0v) is 12.5. The molecule has 0 saturated carbocycles. The Kier molecular flexibility index (Phi) is 5.05. The van der Waals surface area contributed by atoms with Crippen molar-refractivity contribution in [3.05, 3.63) is 39.9 Å². The van der Waals surface area contributed by atoms with Gasteiger partial charge in [0.15, 0.2) is 0 Å². The van der Waals surface area contributed by atoms with Gasteiger partial charge >= 0.3 is 0 Å². The van der Waals surface area contributed by atoms with Gasteiger partial charge in [0.05, 0.1) is 0 Å². The van der Waals surface area contributed by atoms with Crippen LogP contribution >= 0.6 is 22.9 Å². The average molecular weight is 311 g/mol. The van der Waals surface area contributed by atoms with Gasteiger partial charge < -0.3 is 11.1 Å². The summed E-state index contributed by atoms with van der Waals surface area (Å²) in [5.74, 6) is -0.381. The van der Waals surface area contributed by atoms with Crippen LogP contribution in [0, 0.1) is 5.92 Å². The van der Waals surface area contributed by atoms with E-state index in [0.29, 0.717) is 23.1 Å². The summed E-state index contributed by atoms with van der Waals surface area (Å²) >= 11 is 7.29. The fourth-order valence-corrected chi connectivity index (χ4v) is 2.52. The van der Waals surface area contributed by atoms with E-state index in [1.807, 2.05) is 24.3 Å². The third-order valence-electron chi connectivity index (χ3n) is 2.74. The van der Waals surface area contributed by atoms with Crippen LogP contribution in [-0.2, 0) is 11.2 Å². The number of halogens is 1. The van der Waals surface area contributed by atoms with E-state index in [0.717, 1.165) is 10.6 Å². The lowest BCUT2D eigenvalue weighted by atomic mass is 10.2. The lowest BCUT2D eigenvalue weighted by Crippen LogP contribution is -2.26. The Bertz CT molecular complexity index is 602. The second kappa shape index (κ2) is 6.78. The molecule has 0 saturated heterocycles. The molecular weight excluding hydrogens is 296 g/mol. The third-order valence-corrected chi connectivity index (χ3v) is 3.82. The van der Waals surface area contributed by atoms with E-state index in [-0.39, 0.29) is 11.8 Å². The summed E-state index contributed by atoms with van der Waals surface area (Å²) < 4.78 is 0. The monoisotopic (exact) mass is 310 g/mol. The molecule has 1 heterocycles. The van der Waals surface area contributed by atoms with Gasteiger partial charge in [0.2, 0.25) is 11.0 Å². The molecule has 5 nitrogen and oxygen atoms in total. The lowest BCUT2D eigenvalue weighted by Gasteiger charge is -2.06. The normalized spacial score (nSPS) is 12.2. The van der Waals surface area contributed by atoms with Gasteiger partial charge in [-0.1, -0.05) is 42.0 Å². The molecule has 3 N–H and O–H groups in total. The number of hydrogen-bond donors (Lipinski definition) is 2. The van der Waals surface area contributed by atoms with Crippen molar-refractivity contribution in [3.63, 3.8) is 0 Å². The highest BCUT2D eigenvalue weighted by Crippen LogP contribution is 2.20. The number of anilines is 1. The maximum Gasteiger partial charge on any atom is 0.230 e. The van der Waals surface area contributed by atoms with Crippen LogP contribution in [0.1, 0.15) is 17.5 Å². The van der Waals surface area contributed by atoms with Gasteiger partial charge in [0, 0.05) is 23.9 Å². The topological polar surface area (TPSA) is 80.9 Å². The van der Waals surface area contributed by atoms with Crippen LogP contribution in [0.3, 0.4) is 0 Å². The zero-order chi connectivity index (χ0) is 14.5. The Morgan fingerprint density at radius 1 is 1.50 bits per heavy atom. The van der Waals surface area contributed by atoms with Gasteiger partial charge in [-0.2, -0.15) is 0 Å². The molecule has 0 aliphatic heterocycles. The molecule has 106 valence electrons. The molecule has 1 aromatic heterocycles. The molecule has 7 heteroatoms. The van der Waals surface area contributed by atoms with Crippen LogP contribution in [0.15, 0.2) is 24.3 Å². The predicted molar refractivity (Wildman–Crippen MR) is 81.0 cm³/mol. The Balaban J connectivity index is 2.00. The van der Waals surface area contributed by atoms with Gasteiger partial charge in [0.25, 0.3) is 0 Å². The number of rotatable bonds is 5. The molecule has 1 amide bonds. The van der Waals surface area contributed by atoms with Crippen LogP contribution in [0.25, 0.3) is 0 Å². The van der Waals surface area contributed by atoms with Crippen molar-refractivity contribution in [3.8, 4) is 0 Å². The number of nitrogens with one attached hydrogen (secondary N) is 1. The molecule has 1 aromatic carbocycles. The van der Waals surface area contributed by atoms with Crippen LogP contribution in [0.5, 0.6) is 0 Å². The van der Waals surface area contributed by atoms with E-state index in [4.69, 9.17) is 17.3 Å². The van der Waals surface area contributed by atoms with Crippen molar-refractivity contribution >= 4 is 34.0 Å². The minimum Gasteiger partial charge on any atom is -0.330 e. The fraction of sp³-hybridized carbons (Fsp3) is 0.308. The molecule has 0 spiro atoms. The number of carbonyl (C=O) groups is 1. The maximum atomic E-state index is 11.7. The van der Waals surface area contributed by atoms with Crippen LogP contribution in [-0.4, -0.2) is 22.6 Å². The molecule has 0 aliphatic carbocycles. The first kappa shape index (κ1) is 14.9. The Morgan fingerprint density at radius 3 is 3.00 bits per heavy atom. The van der Waals surface area contributed by atoms with E-state index >= 15 is 0 Å². The van der Waals surface area contributed by atoms with Crippen molar-refractivity contribution in [1.82, 2.24) is 10.2 Å². The van der Waals surface area contributed by atoms with Gasteiger partial charge in [-0.25, -0.2) is 0 Å². The van der Waals surface area contributed by atoms with Gasteiger partial charge in [-0.05, 0) is 17.7 Å². The fourth-order valence-electron chi connectivity index (χ4n) is 1.53. The molecule has 1 unspecified atom stereocenters. The summed E-state index contributed by atoms with van der Waals surface area (Å²) in [7, 11) is 0. The summed E-state index contributed by atoms with van der Waals surface area (Å²) in [5.41, 5.74) is 6.50. The summed E-state index contributed by atoms with van der Waals surface area (Å²) in [6, 6.07) is 7.58. The summed E-state index contributed by atoms with van der Waals surface area (Å²) in [6.07, 6.45) is 0.639. The van der Waals surface area contributed by atoms with Crippen molar-refractivity contribution in [2.24, 2.45) is 11.7 Å². The average Bonchev–Trinajstić information content (AvgIpc) is 2.85. The van der Waals surface area contributed by atoms with E-state index in [2.05, 4.69) is 15.5 Å². The minimum atomic E-state index is -0.240. The highest BCUT2D eigenvalue weighted by molar-refractivity contribution is 7.15. The van der Waals surface area contributed by atoms with E-state index in [9.17, 15) is 4.79 Å². The molecule has 0 radical (unpaired) electrons. The maximum absolute atomic E-state index is 11.7. The minimum absolute atomic E-state index is 0.141. The third kappa shape index (κ3) is 4.00. The molecular formula is C13H15ClN4OS. The first-order chi connectivity index (χ1) is 9.58. The highest BCUT2D eigenvalue weighted by Gasteiger charge is 2.13. The van der Waals surface area contributed by atoms with Gasteiger partial charge in [-0.15, -0.1) is 10.2 Å². The molecule has 0 fully saturated rings. The zero-order valence-electron chi connectivity index (χ0n) is 11.0. The molecule has 2 rings (SSSR count). The molecule has 2 aromatic rings. The molecule has 0 bridgehead atoms. The van der Waals surface area contributed by atoms with E-state index in [1.165, 1.54) is 11.3 Å². The van der Waals surface area contributed by atoms with Gasteiger partial charge in [-0.3, -0.25) is 4.79 Å². The summed E-state index contributed by atoms with van der Waals surface area (Å²) in [6.45, 7) is 2.07. The van der Waals surface area contributed by atoms with Crippen molar-refractivity contribution in [1.29, 1.82) is 0 Å². The number of hydrogen-bond acceptors (Lipinski definition) is 5. The quantitative estimate of drug-likeness (QED) is 0.888. The van der Waals surface area contributed by atoms with Crippen LogP contribution in [0.4, 0.5) is 5.13 Å². The number of aromatic nitrogens is 2. The number of nitrogens with two attached hydrogens (primary N) is 1. The first-order valence-corrected chi connectivity index (χ1v) is 7.35. The SMILES string of the molecule is CC(CN)C(=O)Nc1nnc(Cc2cccc(Cl)c2)s1. The van der Waals surface area contributed by atoms with Crippen molar-refractivity contribution in [2.75, 3.05) is 11.9 Å². The smallest absolute Gasteiger partial charge is 0.230 e. The number of nitrogens with zero attached hydrogens (tertiary/aromatic N) is 2. The second-order valence-electron chi connectivity index (χ2n) is 4.43. The Labute approximate surface area is 126 Å². The predicted octanol–water partition coefficient (Wildman–Crippen LogP) is 2.32. The number of carbonyl (C=O) groups excluding carboxylic acids is 1. The van der Waals surface area contributed by atoms with E-state index in [1.54, 1.807) is 6.92 Å². The van der Waals surface area contributed by atoms with E-state index < -0.39 is 0 Å². The number of amides is 1. The van der Waals surface area contributed by atoms with Gasteiger partial charge in [0.1, 0.15) is 5.01 Å². The summed E-state index contributed by atoms with van der Waals surface area (Å²) in [5, 5.41) is 12.7. The second-order valence-corrected chi connectivity index (χ2v) is 5.93. The Hall–Kier alpha value is -1.50. The van der Waals surface area contributed by atoms with Crippen molar-refractivity contribution < 1.29 is 4.79 Å². The summed E-state index contributed by atoms with van der Waals surface area (Å²) in [4.78, 5) is 11.7. The van der Waals surface area contributed by atoms with Crippen LogP contribution in [0.2, 0.25) is 5.02 Å². The number of benzene rings is 1. The lowest BCUT2D eigenvalue weighted by molar-refractivity contribution is -0.119. The Morgan fingerprint density at radius 2 is 2.30 bits per heavy atom. The first-order valence-electron chi connectivity index (χ1n) is 6.16. The highest BCUT2D eigenvalue weighted by atomic mass is 35.5. The molecule has 0 aliphatic rings. The molecule has 20 heavy (non-hydrogen) atoms. The standard InChI is InChI=1S/C13H15ClN4OS/c1-8(7-15)12(19)16-13-18-17-11(20-13)6-9-3-2-4-10(14)5-9/h2-5,8H,6-7,15H2,1H3,(H,16,18,19).